The molecule has 0 heterocycles. The van der Waals surface area contributed by atoms with Crippen molar-refractivity contribution in [1.29, 1.82) is 0 Å². The zero-order chi connectivity index (χ0) is 9.72. The lowest BCUT2D eigenvalue weighted by Gasteiger charge is -2.26. The van der Waals surface area contributed by atoms with Gasteiger partial charge in [0.1, 0.15) is 18.6 Å². The van der Waals surface area contributed by atoms with Crippen LogP contribution in [0.1, 0.15) is 6.42 Å². The van der Waals surface area contributed by atoms with Crippen molar-refractivity contribution in [2.45, 2.75) is 24.9 Å². The van der Waals surface area contributed by atoms with E-state index in [9.17, 15) is 15.0 Å². The summed E-state index contributed by atoms with van der Waals surface area (Å²) in [5, 5.41) is 27.4. The van der Waals surface area contributed by atoms with E-state index in [-0.39, 0.29) is 6.42 Å². The summed E-state index contributed by atoms with van der Waals surface area (Å²) in [5.74, 6) is 0. The number of rotatable bonds is 5. The van der Waals surface area contributed by atoms with Crippen molar-refractivity contribution < 1.29 is 20.1 Å². The first-order valence-electron chi connectivity index (χ1n) is 3.65. The van der Waals surface area contributed by atoms with Gasteiger partial charge in [0.2, 0.25) is 0 Å². The highest BCUT2D eigenvalue weighted by Gasteiger charge is 2.25. The first-order valence-corrected chi connectivity index (χ1v) is 3.65. The highest BCUT2D eigenvalue weighted by Crippen LogP contribution is 2.04. The molecule has 0 radical (unpaired) electrons. The van der Waals surface area contributed by atoms with Gasteiger partial charge in [-0.05, 0) is 14.1 Å². The molecule has 72 valence electrons. The molecule has 0 saturated heterocycles. The zero-order valence-electron chi connectivity index (χ0n) is 7.21. The predicted octanol–water partition coefficient (Wildman–Crippen LogP) is -1.82. The van der Waals surface area contributed by atoms with Crippen LogP contribution < -0.4 is 0 Å². The van der Waals surface area contributed by atoms with Crippen LogP contribution in [-0.2, 0) is 4.79 Å². The molecule has 0 bridgehead atoms. The average Bonchev–Trinajstić information content (AvgIpc) is 2.02. The summed E-state index contributed by atoms with van der Waals surface area (Å²) >= 11 is 0. The van der Waals surface area contributed by atoms with E-state index in [1.54, 1.807) is 14.1 Å². The maximum absolute atomic E-state index is 9.95. The van der Waals surface area contributed by atoms with Gasteiger partial charge < -0.3 is 20.1 Å². The molecule has 5 heteroatoms. The fraction of sp³-hybridized carbons (Fsp3) is 0.857. The van der Waals surface area contributed by atoms with Gasteiger partial charge in [-0.25, -0.2) is 0 Å². The van der Waals surface area contributed by atoms with Gasteiger partial charge in [0.25, 0.3) is 0 Å². The maximum atomic E-state index is 9.95. The molecule has 0 aromatic heterocycles. The lowest BCUT2D eigenvalue weighted by atomic mass is 10.1. The van der Waals surface area contributed by atoms with Crippen LogP contribution in [0.25, 0.3) is 0 Å². The van der Waals surface area contributed by atoms with Gasteiger partial charge in [-0.1, -0.05) is 0 Å². The number of nitrogens with zero attached hydrogens (tertiary/aromatic N) is 1. The molecule has 5 nitrogen and oxygen atoms in total. The van der Waals surface area contributed by atoms with Crippen LogP contribution in [0.15, 0.2) is 0 Å². The third kappa shape index (κ3) is 3.27. The largest absolute Gasteiger partial charge is 0.390 e. The number of aliphatic hydroxyl groups excluding tert-OH is 3. The molecule has 0 fully saturated rings. The summed E-state index contributed by atoms with van der Waals surface area (Å²) in [6.07, 6.45) is -3.35. The summed E-state index contributed by atoms with van der Waals surface area (Å²) in [6.45, 7) is 0. The highest BCUT2D eigenvalue weighted by molar-refractivity contribution is 5.50. The molecule has 12 heavy (non-hydrogen) atoms. The van der Waals surface area contributed by atoms with E-state index in [0.717, 1.165) is 0 Å². The third-order valence-electron chi connectivity index (χ3n) is 1.57. The summed E-state index contributed by atoms with van der Waals surface area (Å²) < 4.78 is 0. The maximum Gasteiger partial charge on any atom is 0.135 e. The number of aldehydes is 1. The monoisotopic (exact) mass is 177 g/mol. The van der Waals surface area contributed by atoms with Gasteiger partial charge in [0, 0.05) is 6.42 Å². The van der Waals surface area contributed by atoms with Crippen LogP contribution in [0.4, 0.5) is 0 Å². The normalized spacial score (nSPS) is 18.8. The number of carbonyl (C=O) groups is 1. The van der Waals surface area contributed by atoms with Gasteiger partial charge in [0.15, 0.2) is 0 Å². The number of carbonyl (C=O) groups excluding carboxylic acids is 1. The average molecular weight is 177 g/mol. The molecular formula is C7H15NO4. The van der Waals surface area contributed by atoms with E-state index in [0.29, 0.717) is 6.29 Å². The van der Waals surface area contributed by atoms with E-state index in [4.69, 9.17) is 5.11 Å². The van der Waals surface area contributed by atoms with Crippen LogP contribution in [0.2, 0.25) is 0 Å². The molecule has 0 saturated carbocycles. The summed E-state index contributed by atoms with van der Waals surface area (Å²) in [4.78, 5) is 11.3. The Kier molecular flexibility index (Phi) is 5.00. The second-order valence-electron chi connectivity index (χ2n) is 2.84. The van der Waals surface area contributed by atoms with E-state index in [1.807, 2.05) is 0 Å². The second kappa shape index (κ2) is 5.21. The fourth-order valence-electron chi connectivity index (χ4n) is 0.742. The van der Waals surface area contributed by atoms with Gasteiger partial charge in [0.05, 0.1) is 6.10 Å². The predicted molar refractivity (Wildman–Crippen MR) is 42.4 cm³/mol. The molecule has 0 amide bonds. The van der Waals surface area contributed by atoms with E-state index >= 15 is 0 Å². The van der Waals surface area contributed by atoms with Gasteiger partial charge in [-0.3, -0.25) is 4.90 Å². The van der Waals surface area contributed by atoms with Crippen molar-refractivity contribution in [2.24, 2.45) is 0 Å². The molecule has 3 N–H and O–H groups in total. The SMILES string of the molecule is CN(C)C(O)C(O)C(O)CC=O. The Bertz CT molecular complexity index is 139. The molecule has 3 atom stereocenters. The Morgan fingerprint density at radius 2 is 1.83 bits per heavy atom. The zero-order valence-corrected chi connectivity index (χ0v) is 7.21. The van der Waals surface area contributed by atoms with E-state index in [1.165, 1.54) is 4.90 Å². The van der Waals surface area contributed by atoms with Gasteiger partial charge >= 0.3 is 0 Å². The molecule has 0 aromatic rings. The molecule has 0 spiro atoms. The Morgan fingerprint density at radius 3 is 2.17 bits per heavy atom. The van der Waals surface area contributed by atoms with Crippen LogP contribution in [0.5, 0.6) is 0 Å². The Morgan fingerprint density at radius 1 is 1.33 bits per heavy atom. The third-order valence-corrected chi connectivity index (χ3v) is 1.57. The van der Waals surface area contributed by atoms with Crippen molar-refractivity contribution in [3.63, 3.8) is 0 Å². The minimum Gasteiger partial charge on any atom is -0.390 e. The van der Waals surface area contributed by atoms with Crippen molar-refractivity contribution in [1.82, 2.24) is 4.90 Å². The Balaban J connectivity index is 3.98. The van der Waals surface area contributed by atoms with Crippen LogP contribution in [0, 0.1) is 0 Å². The lowest BCUT2D eigenvalue weighted by molar-refractivity contribution is -0.124. The first-order chi connectivity index (χ1) is 5.50. The van der Waals surface area contributed by atoms with Crippen LogP contribution in [-0.4, -0.2) is 59.0 Å². The van der Waals surface area contributed by atoms with Crippen LogP contribution in [0.3, 0.4) is 0 Å². The standard InChI is InChI=1S/C7H15NO4/c1-8(2)7(12)6(11)5(10)3-4-9/h4-7,10-12H,3H2,1-2H3. The topological polar surface area (TPSA) is 81.0 Å². The van der Waals surface area contributed by atoms with E-state index < -0.39 is 18.4 Å². The number of hydrogen-bond donors (Lipinski definition) is 3. The summed E-state index contributed by atoms with van der Waals surface area (Å²) in [6, 6.07) is 0. The van der Waals surface area contributed by atoms with Crippen molar-refractivity contribution in [3.05, 3.63) is 0 Å². The minimum absolute atomic E-state index is 0.175. The second-order valence-corrected chi connectivity index (χ2v) is 2.84. The quantitative estimate of drug-likeness (QED) is 0.340. The lowest BCUT2D eigenvalue weighted by Crippen LogP contribution is -2.45. The van der Waals surface area contributed by atoms with E-state index in [2.05, 4.69) is 0 Å². The number of aliphatic hydroxyl groups is 3. The minimum atomic E-state index is -1.31. The number of likely N-dealkylation sites (N-methyl/N-ethyl adjacent to an activating group) is 1. The summed E-state index contributed by atoms with van der Waals surface area (Å²) in [7, 11) is 3.11. The van der Waals surface area contributed by atoms with Crippen LogP contribution >= 0.6 is 0 Å². The summed E-state index contributed by atoms with van der Waals surface area (Å²) in [5.41, 5.74) is 0. The van der Waals surface area contributed by atoms with Crippen molar-refractivity contribution in [2.75, 3.05) is 14.1 Å². The molecule has 0 aliphatic carbocycles. The van der Waals surface area contributed by atoms with Crippen molar-refractivity contribution >= 4 is 6.29 Å². The van der Waals surface area contributed by atoms with Gasteiger partial charge in [-0.2, -0.15) is 0 Å². The smallest absolute Gasteiger partial charge is 0.135 e. The molecule has 0 aliphatic rings. The molecule has 0 aliphatic heterocycles. The Labute approximate surface area is 71.2 Å². The van der Waals surface area contributed by atoms with Gasteiger partial charge in [-0.15, -0.1) is 0 Å². The fourth-order valence-corrected chi connectivity index (χ4v) is 0.742. The molecule has 0 rings (SSSR count). The number of hydrogen-bond acceptors (Lipinski definition) is 5. The first kappa shape index (κ1) is 11.5. The Hall–Kier alpha value is -0.490. The molecular weight excluding hydrogens is 162 g/mol. The molecule has 3 unspecified atom stereocenters. The molecule has 0 aromatic carbocycles. The van der Waals surface area contributed by atoms with Crippen molar-refractivity contribution in [3.8, 4) is 0 Å². The highest BCUT2D eigenvalue weighted by atomic mass is 16.4.